The molecule has 6 heteroatoms. The van der Waals surface area contributed by atoms with Gasteiger partial charge in [-0.25, -0.2) is 0 Å². The molecule has 0 spiro atoms. The highest BCUT2D eigenvalue weighted by molar-refractivity contribution is 6.21. The van der Waals surface area contributed by atoms with Gasteiger partial charge in [0.1, 0.15) is 6.61 Å². The number of carbonyl (C=O) groups excluding carboxylic acids is 3. The average molecular weight is 380 g/mol. The third-order valence-corrected chi connectivity index (χ3v) is 4.77. The largest absolute Gasteiger partial charge is 0.369 e. The van der Waals surface area contributed by atoms with E-state index in [1.165, 1.54) is 4.90 Å². The fourth-order valence-electron chi connectivity index (χ4n) is 3.25. The predicted octanol–water partition coefficient (Wildman–Crippen LogP) is 2.74. The molecule has 1 aliphatic rings. The van der Waals surface area contributed by atoms with Gasteiger partial charge in [0, 0.05) is 13.6 Å². The standard InChI is InChI=1S/C22H24N2O4/c1-22(2,24-20(26)17-11-7-8-12-18(17)21(24)27)15-28-14-19(25)23(3)13-16-9-5-4-6-10-16/h4-12H,13-15H2,1-3H3. The van der Waals surface area contributed by atoms with E-state index in [1.54, 1.807) is 50.1 Å². The first-order chi connectivity index (χ1) is 13.3. The number of ether oxygens (including phenoxy) is 1. The molecule has 0 bridgehead atoms. The zero-order chi connectivity index (χ0) is 20.3. The van der Waals surface area contributed by atoms with E-state index in [0.29, 0.717) is 17.7 Å². The summed E-state index contributed by atoms with van der Waals surface area (Å²) in [7, 11) is 1.72. The summed E-state index contributed by atoms with van der Waals surface area (Å²) in [6.45, 7) is 3.96. The summed E-state index contributed by atoms with van der Waals surface area (Å²) in [6.07, 6.45) is 0. The first-order valence-corrected chi connectivity index (χ1v) is 9.15. The summed E-state index contributed by atoms with van der Waals surface area (Å²) in [5.41, 5.74) is 0.967. The van der Waals surface area contributed by atoms with Crippen molar-refractivity contribution in [2.75, 3.05) is 20.3 Å². The molecule has 0 saturated carbocycles. The Morgan fingerprint density at radius 3 is 2.07 bits per heavy atom. The molecule has 0 fully saturated rings. The number of hydrogen-bond acceptors (Lipinski definition) is 4. The molecule has 3 amide bonds. The van der Waals surface area contributed by atoms with Crippen LogP contribution in [0.15, 0.2) is 54.6 Å². The number of likely N-dealkylation sites (N-methyl/N-ethyl adjacent to an activating group) is 1. The monoisotopic (exact) mass is 380 g/mol. The predicted molar refractivity (Wildman–Crippen MR) is 105 cm³/mol. The van der Waals surface area contributed by atoms with Gasteiger partial charge in [-0.15, -0.1) is 0 Å². The number of hydrogen-bond donors (Lipinski definition) is 0. The van der Waals surface area contributed by atoms with E-state index in [9.17, 15) is 14.4 Å². The molecule has 0 aliphatic carbocycles. The lowest BCUT2D eigenvalue weighted by Gasteiger charge is -2.33. The van der Waals surface area contributed by atoms with Gasteiger partial charge in [0.2, 0.25) is 5.91 Å². The molecule has 2 aromatic rings. The van der Waals surface area contributed by atoms with Crippen LogP contribution in [0.3, 0.4) is 0 Å². The Morgan fingerprint density at radius 2 is 1.50 bits per heavy atom. The molecular formula is C22H24N2O4. The Morgan fingerprint density at radius 1 is 0.964 bits per heavy atom. The maximum Gasteiger partial charge on any atom is 0.262 e. The quantitative estimate of drug-likeness (QED) is 0.693. The van der Waals surface area contributed by atoms with Crippen LogP contribution in [0, 0.1) is 0 Å². The van der Waals surface area contributed by atoms with Crippen LogP contribution in [0.25, 0.3) is 0 Å². The molecule has 6 nitrogen and oxygen atoms in total. The summed E-state index contributed by atoms with van der Waals surface area (Å²) in [6, 6.07) is 16.4. The van der Waals surface area contributed by atoms with Crippen LogP contribution in [-0.2, 0) is 16.1 Å². The molecule has 0 saturated heterocycles. The molecule has 0 unspecified atom stereocenters. The van der Waals surface area contributed by atoms with E-state index in [4.69, 9.17) is 4.74 Å². The van der Waals surface area contributed by atoms with Gasteiger partial charge in [-0.3, -0.25) is 19.3 Å². The topological polar surface area (TPSA) is 66.9 Å². The van der Waals surface area contributed by atoms with Crippen molar-refractivity contribution in [1.29, 1.82) is 0 Å². The number of benzene rings is 2. The number of fused-ring (bicyclic) bond motifs is 1. The molecule has 28 heavy (non-hydrogen) atoms. The fourth-order valence-corrected chi connectivity index (χ4v) is 3.25. The van der Waals surface area contributed by atoms with Gasteiger partial charge in [0.15, 0.2) is 0 Å². The van der Waals surface area contributed by atoms with Crippen molar-refractivity contribution in [3.05, 3.63) is 71.3 Å². The maximum absolute atomic E-state index is 12.6. The van der Waals surface area contributed by atoms with Crippen LogP contribution >= 0.6 is 0 Å². The Balaban J connectivity index is 1.56. The molecule has 0 aromatic heterocycles. The van der Waals surface area contributed by atoms with Gasteiger partial charge >= 0.3 is 0 Å². The third kappa shape index (κ3) is 3.97. The molecule has 2 aromatic carbocycles. The first-order valence-electron chi connectivity index (χ1n) is 9.15. The van der Waals surface area contributed by atoms with Crippen LogP contribution in [0.5, 0.6) is 0 Å². The minimum atomic E-state index is -0.870. The van der Waals surface area contributed by atoms with Crippen molar-refractivity contribution in [1.82, 2.24) is 9.80 Å². The molecule has 3 rings (SSSR count). The van der Waals surface area contributed by atoms with Crippen molar-refractivity contribution >= 4 is 17.7 Å². The number of amides is 3. The third-order valence-electron chi connectivity index (χ3n) is 4.77. The van der Waals surface area contributed by atoms with Gasteiger partial charge < -0.3 is 9.64 Å². The number of rotatable bonds is 7. The smallest absolute Gasteiger partial charge is 0.262 e. The highest BCUT2D eigenvalue weighted by atomic mass is 16.5. The van der Waals surface area contributed by atoms with Gasteiger partial charge in [0.25, 0.3) is 11.8 Å². The van der Waals surface area contributed by atoms with Crippen molar-refractivity contribution in [2.24, 2.45) is 0 Å². The molecule has 1 aliphatic heterocycles. The van der Waals surface area contributed by atoms with E-state index in [2.05, 4.69) is 0 Å². The fraction of sp³-hybridized carbons (Fsp3) is 0.318. The molecule has 0 radical (unpaired) electrons. The number of carbonyl (C=O) groups is 3. The van der Waals surface area contributed by atoms with Crippen LogP contribution in [0.2, 0.25) is 0 Å². The molecule has 1 heterocycles. The maximum atomic E-state index is 12.6. The highest BCUT2D eigenvalue weighted by Crippen LogP contribution is 2.29. The lowest BCUT2D eigenvalue weighted by molar-refractivity contribution is -0.136. The number of imide groups is 1. The van der Waals surface area contributed by atoms with Gasteiger partial charge in [-0.2, -0.15) is 0 Å². The summed E-state index contributed by atoms with van der Waals surface area (Å²) >= 11 is 0. The minimum Gasteiger partial charge on any atom is -0.369 e. The van der Waals surface area contributed by atoms with Crippen molar-refractivity contribution < 1.29 is 19.1 Å². The SMILES string of the molecule is CN(Cc1ccccc1)C(=O)COCC(C)(C)N1C(=O)c2ccccc2C1=O. The van der Waals surface area contributed by atoms with Crippen molar-refractivity contribution in [2.45, 2.75) is 25.9 Å². The van der Waals surface area contributed by atoms with E-state index < -0.39 is 5.54 Å². The van der Waals surface area contributed by atoms with Gasteiger partial charge in [-0.05, 0) is 31.5 Å². The second kappa shape index (κ2) is 7.94. The average Bonchev–Trinajstić information content (AvgIpc) is 2.94. The Labute approximate surface area is 164 Å². The second-order valence-electron chi connectivity index (χ2n) is 7.53. The highest BCUT2D eigenvalue weighted by Gasteiger charge is 2.44. The lowest BCUT2D eigenvalue weighted by Crippen LogP contribution is -2.51. The summed E-state index contributed by atoms with van der Waals surface area (Å²) < 4.78 is 5.59. The van der Waals surface area contributed by atoms with Crippen LogP contribution in [0.4, 0.5) is 0 Å². The molecule has 0 N–H and O–H groups in total. The van der Waals surface area contributed by atoms with Crippen LogP contribution in [-0.4, -0.2) is 53.3 Å². The summed E-state index contributed by atoms with van der Waals surface area (Å²) in [5.74, 6) is -0.828. The molecule has 146 valence electrons. The van der Waals surface area contributed by atoms with Gasteiger partial charge in [-0.1, -0.05) is 42.5 Å². The second-order valence-corrected chi connectivity index (χ2v) is 7.53. The van der Waals surface area contributed by atoms with E-state index in [1.807, 2.05) is 30.3 Å². The number of nitrogens with zero attached hydrogens (tertiary/aromatic N) is 2. The first kappa shape index (κ1) is 19.8. The Hall–Kier alpha value is -2.99. The normalized spacial score (nSPS) is 13.6. The minimum absolute atomic E-state index is 0.0728. The molecule has 0 atom stereocenters. The van der Waals surface area contributed by atoms with Crippen molar-refractivity contribution in [3.8, 4) is 0 Å². The van der Waals surface area contributed by atoms with Crippen molar-refractivity contribution in [3.63, 3.8) is 0 Å². The van der Waals surface area contributed by atoms with Crippen LogP contribution in [0.1, 0.15) is 40.1 Å². The Kier molecular flexibility index (Phi) is 5.61. The van der Waals surface area contributed by atoms with E-state index >= 15 is 0 Å². The zero-order valence-corrected chi connectivity index (χ0v) is 16.3. The van der Waals surface area contributed by atoms with Crippen LogP contribution < -0.4 is 0 Å². The lowest BCUT2D eigenvalue weighted by atomic mass is 10.0. The Bertz CT molecular complexity index is 857. The summed E-state index contributed by atoms with van der Waals surface area (Å²) in [5, 5.41) is 0. The van der Waals surface area contributed by atoms with E-state index in [-0.39, 0.29) is 30.9 Å². The summed E-state index contributed by atoms with van der Waals surface area (Å²) in [4.78, 5) is 40.4. The zero-order valence-electron chi connectivity index (χ0n) is 16.3. The van der Waals surface area contributed by atoms with E-state index in [0.717, 1.165) is 5.56 Å². The van der Waals surface area contributed by atoms with Gasteiger partial charge in [0.05, 0.1) is 23.3 Å². The molecular weight excluding hydrogens is 356 g/mol.